The smallest absolute Gasteiger partial charge is 0.409 e. The van der Waals surface area contributed by atoms with Gasteiger partial charge in [-0.25, -0.2) is 4.79 Å². The van der Waals surface area contributed by atoms with Gasteiger partial charge in [0.1, 0.15) is 0 Å². The molecule has 21 heavy (non-hydrogen) atoms. The first-order valence-corrected chi connectivity index (χ1v) is 7.49. The topological polar surface area (TPSA) is 48.0 Å². The molecule has 0 saturated carbocycles. The van der Waals surface area contributed by atoms with Crippen LogP contribution in [0.4, 0.5) is 4.79 Å². The molecule has 1 rings (SSSR count). The highest BCUT2D eigenvalue weighted by Gasteiger charge is 2.11. The molecule has 0 heterocycles. The summed E-state index contributed by atoms with van der Waals surface area (Å²) >= 11 is 0. The first kappa shape index (κ1) is 17.1. The van der Waals surface area contributed by atoms with Crippen molar-refractivity contribution in [2.24, 2.45) is 0 Å². The van der Waals surface area contributed by atoms with Crippen LogP contribution < -0.4 is 9.47 Å². The van der Waals surface area contributed by atoms with E-state index < -0.39 is 0 Å². The Balaban J connectivity index is 2.38. The Hall–Kier alpha value is -1.91. The van der Waals surface area contributed by atoms with Crippen LogP contribution in [-0.4, -0.2) is 43.9 Å². The van der Waals surface area contributed by atoms with Gasteiger partial charge >= 0.3 is 6.09 Å². The number of amides is 1. The van der Waals surface area contributed by atoms with Crippen LogP contribution in [0, 0.1) is 0 Å². The molecule has 0 radical (unpaired) electrons. The Labute approximate surface area is 126 Å². The quantitative estimate of drug-likeness (QED) is 0.656. The Morgan fingerprint density at radius 1 is 1.05 bits per heavy atom. The van der Waals surface area contributed by atoms with Gasteiger partial charge in [0.25, 0.3) is 0 Å². The third-order valence-corrected chi connectivity index (χ3v) is 2.89. The normalized spacial score (nSPS) is 10.0. The minimum atomic E-state index is -0.269. The van der Waals surface area contributed by atoms with Crippen LogP contribution >= 0.6 is 0 Å². The molecule has 0 saturated heterocycles. The molecular formula is C16H25NO4. The first-order valence-electron chi connectivity index (χ1n) is 7.49. The van der Waals surface area contributed by atoms with Crippen LogP contribution in [0.15, 0.2) is 24.3 Å². The molecule has 5 heteroatoms. The zero-order valence-electron chi connectivity index (χ0n) is 13.1. The molecule has 0 spiro atoms. The van der Waals surface area contributed by atoms with Gasteiger partial charge in [-0.3, -0.25) is 0 Å². The molecule has 0 N–H and O–H groups in total. The van der Waals surface area contributed by atoms with Crippen LogP contribution in [0.25, 0.3) is 0 Å². The molecule has 0 bridgehead atoms. The summed E-state index contributed by atoms with van der Waals surface area (Å²) in [7, 11) is 0. The molecule has 1 aromatic rings. The van der Waals surface area contributed by atoms with Gasteiger partial charge in [0, 0.05) is 13.1 Å². The highest BCUT2D eigenvalue weighted by Crippen LogP contribution is 2.26. The summed E-state index contributed by atoms with van der Waals surface area (Å²) in [5.41, 5.74) is 0. The van der Waals surface area contributed by atoms with Gasteiger partial charge in [-0.1, -0.05) is 12.1 Å². The fourth-order valence-corrected chi connectivity index (χ4v) is 1.87. The third-order valence-electron chi connectivity index (χ3n) is 2.89. The molecule has 0 unspecified atom stereocenters. The van der Waals surface area contributed by atoms with Crippen LogP contribution in [0.5, 0.6) is 11.5 Å². The number of rotatable bonds is 9. The van der Waals surface area contributed by atoms with E-state index in [1.54, 1.807) is 11.8 Å². The molecule has 0 atom stereocenters. The lowest BCUT2D eigenvalue weighted by molar-refractivity contribution is 0.107. The van der Waals surface area contributed by atoms with E-state index in [4.69, 9.17) is 14.2 Å². The monoisotopic (exact) mass is 295 g/mol. The van der Waals surface area contributed by atoms with Crippen LogP contribution in [-0.2, 0) is 4.74 Å². The fraction of sp³-hybridized carbons (Fsp3) is 0.562. The van der Waals surface area contributed by atoms with E-state index >= 15 is 0 Å². The molecule has 1 amide bonds. The van der Waals surface area contributed by atoms with Gasteiger partial charge in [0.2, 0.25) is 0 Å². The molecule has 1 aromatic carbocycles. The Bertz CT molecular complexity index is 422. The van der Waals surface area contributed by atoms with Crippen molar-refractivity contribution in [1.29, 1.82) is 0 Å². The van der Waals surface area contributed by atoms with Crippen molar-refractivity contribution in [2.45, 2.75) is 27.2 Å². The van der Waals surface area contributed by atoms with Gasteiger partial charge in [-0.15, -0.1) is 0 Å². The number of carbonyl (C=O) groups excluding carboxylic acids is 1. The number of ether oxygens (including phenoxy) is 3. The average molecular weight is 295 g/mol. The lowest BCUT2D eigenvalue weighted by Crippen LogP contribution is -2.33. The number of carbonyl (C=O) groups is 1. The number of nitrogens with zero attached hydrogens (tertiary/aromatic N) is 1. The molecular weight excluding hydrogens is 270 g/mol. The van der Waals surface area contributed by atoms with E-state index in [0.29, 0.717) is 32.9 Å². The largest absolute Gasteiger partial charge is 0.490 e. The van der Waals surface area contributed by atoms with Crippen molar-refractivity contribution in [3.63, 3.8) is 0 Å². The van der Waals surface area contributed by atoms with Crippen molar-refractivity contribution < 1.29 is 19.0 Å². The van der Waals surface area contributed by atoms with Gasteiger partial charge in [0.05, 0.1) is 19.8 Å². The van der Waals surface area contributed by atoms with E-state index in [1.165, 1.54) is 0 Å². The highest BCUT2D eigenvalue weighted by molar-refractivity contribution is 5.67. The molecule has 5 nitrogen and oxygen atoms in total. The van der Waals surface area contributed by atoms with Crippen molar-refractivity contribution in [2.75, 3.05) is 32.9 Å². The van der Waals surface area contributed by atoms with Crippen LogP contribution in [0.1, 0.15) is 27.2 Å². The lowest BCUT2D eigenvalue weighted by Gasteiger charge is -2.20. The van der Waals surface area contributed by atoms with E-state index in [2.05, 4.69) is 0 Å². The summed E-state index contributed by atoms with van der Waals surface area (Å²) < 4.78 is 16.2. The fourth-order valence-electron chi connectivity index (χ4n) is 1.87. The zero-order chi connectivity index (χ0) is 15.5. The van der Waals surface area contributed by atoms with Gasteiger partial charge in [-0.05, 0) is 39.3 Å². The second-order valence-electron chi connectivity index (χ2n) is 4.36. The summed E-state index contributed by atoms with van der Waals surface area (Å²) in [6, 6.07) is 7.59. The summed E-state index contributed by atoms with van der Waals surface area (Å²) in [4.78, 5) is 13.3. The predicted molar refractivity (Wildman–Crippen MR) is 82.0 cm³/mol. The summed E-state index contributed by atoms with van der Waals surface area (Å²) in [6.07, 6.45) is 0.474. The first-order chi connectivity index (χ1) is 10.2. The third kappa shape index (κ3) is 5.94. The SMILES string of the molecule is CCOC(=O)N(CC)CCCOc1ccccc1OCC. The molecule has 0 fully saturated rings. The molecule has 0 aliphatic heterocycles. The minimum absolute atomic E-state index is 0.269. The highest BCUT2D eigenvalue weighted by atomic mass is 16.6. The number of hydrogen-bond donors (Lipinski definition) is 0. The Morgan fingerprint density at radius 3 is 2.29 bits per heavy atom. The molecule has 0 aliphatic carbocycles. The average Bonchev–Trinajstić information content (AvgIpc) is 2.49. The maximum atomic E-state index is 11.6. The summed E-state index contributed by atoms with van der Waals surface area (Å²) in [5.74, 6) is 1.48. The maximum Gasteiger partial charge on any atom is 0.409 e. The summed E-state index contributed by atoms with van der Waals surface area (Å²) in [6.45, 7) is 8.46. The van der Waals surface area contributed by atoms with E-state index in [9.17, 15) is 4.79 Å². The van der Waals surface area contributed by atoms with Gasteiger partial charge in [0.15, 0.2) is 11.5 Å². The number of hydrogen-bond acceptors (Lipinski definition) is 4. The molecule has 0 aromatic heterocycles. The maximum absolute atomic E-state index is 11.6. The number of benzene rings is 1. The zero-order valence-corrected chi connectivity index (χ0v) is 13.1. The second kappa shape index (κ2) is 9.91. The van der Waals surface area contributed by atoms with Gasteiger partial charge in [-0.2, -0.15) is 0 Å². The number of para-hydroxylation sites is 2. The van der Waals surface area contributed by atoms with Crippen LogP contribution in [0.3, 0.4) is 0 Å². The van der Waals surface area contributed by atoms with E-state index in [1.807, 2.05) is 38.1 Å². The van der Waals surface area contributed by atoms with Crippen LogP contribution in [0.2, 0.25) is 0 Å². The Kier molecular flexibility index (Phi) is 8.09. The molecule has 118 valence electrons. The minimum Gasteiger partial charge on any atom is -0.490 e. The lowest BCUT2D eigenvalue weighted by atomic mass is 10.3. The van der Waals surface area contributed by atoms with E-state index in [-0.39, 0.29) is 6.09 Å². The van der Waals surface area contributed by atoms with Gasteiger partial charge < -0.3 is 19.1 Å². The molecule has 0 aliphatic rings. The predicted octanol–water partition coefficient (Wildman–Crippen LogP) is 3.33. The second-order valence-corrected chi connectivity index (χ2v) is 4.36. The van der Waals surface area contributed by atoms with Crippen molar-refractivity contribution in [3.8, 4) is 11.5 Å². The summed E-state index contributed by atoms with van der Waals surface area (Å²) in [5, 5.41) is 0. The van der Waals surface area contributed by atoms with Crippen molar-refractivity contribution in [3.05, 3.63) is 24.3 Å². The van der Waals surface area contributed by atoms with Crippen molar-refractivity contribution in [1.82, 2.24) is 4.90 Å². The Morgan fingerprint density at radius 2 is 1.71 bits per heavy atom. The van der Waals surface area contributed by atoms with E-state index in [0.717, 1.165) is 17.9 Å². The van der Waals surface area contributed by atoms with Crippen molar-refractivity contribution >= 4 is 6.09 Å². The standard InChI is InChI=1S/C16H25NO4/c1-4-17(16(18)20-6-3)12-9-13-21-15-11-8-7-10-14(15)19-5-2/h7-8,10-11H,4-6,9,12-13H2,1-3H3.